The van der Waals surface area contributed by atoms with Crippen LogP contribution in [0.1, 0.15) is 17.2 Å². The normalized spacial score (nSPS) is 12.8. The SMILES string of the molecule is OC[C@@H](N=Cc1ccccc1)c1ccccc1. The van der Waals surface area contributed by atoms with Crippen LogP contribution in [-0.2, 0) is 0 Å². The Kier molecular flexibility index (Phi) is 4.05. The summed E-state index contributed by atoms with van der Waals surface area (Å²) in [5.74, 6) is 0. The Morgan fingerprint density at radius 2 is 1.53 bits per heavy atom. The third kappa shape index (κ3) is 3.26. The van der Waals surface area contributed by atoms with E-state index < -0.39 is 0 Å². The summed E-state index contributed by atoms with van der Waals surface area (Å²) in [6, 6.07) is 19.5. The van der Waals surface area contributed by atoms with Gasteiger partial charge in [0.25, 0.3) is 0 Å². The van der Waals surface area contributed by atoms with E-state index in [2.05, 4.69) is 4.99 Å². The van der Waals surface area contributed by atoms with Crippen molar-refractivity contribution >= 4 is 6.21 Å². The van der Waals surface area contributed by atoms with Crippen LogP contribution in [0, 0.1) is 0 Å². The molecule has 0 radical (unpaired) electrons. The molecule has 1 atom stereocenters. The predicted octanol–water partition coefficient (Wildman–Crippen LogP) is 2.84. The predicted molar refractivity (Wildman–Crippen MR) is 70.3 cm³/mol. The molecule has 0 saturated heterocycles. The third-order valence-corrected chi connectivity index (χ3v) is 2.56. The molecule has 2 aromatic carbocycles. The van der Waals surface area contributed by atoms with E-state index >= 15 is 0 Å². The van der Waals surface area contributed by atoms with Crippen LogP contribution in [0.25, 0.3) is 0 Å². The Balaban J connectivity index is 2.14. The van der Waals surface area contributed by atoms with Crippen LogP contribution >= 0.6 is 0 Å². The van der Waals surface area contributed by atoms with Crippen molar-refractivity contribution in [3.63, 3.8) is 0 Å². The second kappa shape index (κ2) is 5.97. The van der Waals surface area contributed by atoms with Gasteiger partial charge in [0.15, 0.2) is 0 Å². The fraction of sp³-hybridized carbons (Fsp3) is 0.133. The molecule has 0 bridgehead atoms. The molecular formula is C15H15NO. The maximum atomic E-state index is 9.34. The first-order valence-corrected chi connectivity index (χ1v) is 5.64. The maximum absolute atomic E-state index is 9.34. The molecule has 0 unspecified atom stereocenters. The zero-order chi connectivity index (χ0) is 11.9. The molecule has 0 aliphatic rings. The number of aliphatic hydroxyl groups is 1. The number of hydrogen-bond acceptors (Lipinski definition) is 2. The summed E-state index contributed by atoms with van der Waals surface area (Å²) < 4.78 is 0. The first-order valence-electron chi connectivity index (χ1n) is 5.64. The van der Waals surface area contributed by atoms with Gasteiger partial charge in [-0.3, -0.25) is 4.99 Å². The van der Waals surface area contributed by atoms with Crippen molar-refractivity contribution in [2.45, 2.75) is 6.04 Å². The second-order valence-corrected chi connectivity index (χ2v) is 3.80. The Morgan fingerprint density at radius 3 is 2.12 bits per heavy atom. The Morgan fingerprint density at radius 1 is 0.941 bits per heavy atom. The molecule has 2 nitrogen and oxygen atoms in total. The highest BCUT2D eigenvalue weighted by molar-refractivity contribution is 5.79. The summed E-state index contributed by atoms with van der Waals surface area (Å²) in [6.45, 7) is 0.0212. The average molecular weight is 225 g/mol. The minimum atomic E-state index is -0.184. The summed E-state index contributed by atoms with van der Waals surface area (Å²) in [5, 5.41) is 9.34. The van der Waals surface area contributed by atoms with E-state index in [-0.39, 0.29) is 12.6 Å². The van der Waals surface area contributed by atoms with Gasteiger partial charge < -0.3 is 5.11 Å². The van der Waals surface area contributed by atoms with E-state index in [4.69, 9.17) is 0 Å². The molecule has 0 spiro atoms. The summed E-state index contributed by atoms with van der Waals surface area (Å²) in [4.78, 5) is 4.41. The fourth-order valence-corrected chi connectivity index (χ4v) is 1.63. The Hall–Kier alpha value is -1.93. The lowest BCUT2D eigenvalue weighted by molar-refractivity contribution is 0.269. The Labute approximate surface area is 101 Å². The first kappa shape index (κ1) is 11.6. The van der Waals surface area contributed by atoms with Gasteiger partial charge in [0.1, 0.15) is 0 Å². The van der Waals surface area contributed by atoms with Crippen molar-refractivity contribution in [3.8, 4) is 0 Å². The molecule has 86 valence electrons. The van der Waals surface area contributed by atoms with Crippen LogP contribution in [0.15, 0.2) is 65.7 Å². The number of benzene rings is 2. The van der Waals surface area contributed by atoms with Crippen molar-refractivity contribution in [2.24, 2.45) is 4.99 Å². The minimum Gasteiger partial charge on any atom is -0.394 e. The molecule has 1 N–H and O–H groups in total. The van der Waals surface area contributed by atoms with Gasteiger partial charge in [0.05, 0.1) is 12.6 Å². The van der Waals surface area contributed by atoms with Crippen LogP contribution in [-0.4, -0.2) is 17.9 Å². The maximum Gasteiger partial charge on any atom is 0.0979 e. The molecule has 2 aromatic rings. The third-order valence-electron chi connectivity index (χ3n) is 2.56. The largest absolute Gasteiger partial charge is 0.394 e. The highest BCUT2D eigenvalue weighted by Crippen LogP contribution is 2.15. The quantitative estimate of drug-likeness (QED) is 0.797. The van der Waals surface area contributed by atoms with Gasteiger partial charge in [-0.2, -0.15) is 0 Å². The molecule has 2 heteroatoms. The van der Waals surface area contributed by atoms with Crippen molar-refractivity contribution in [3.05, 3.63) is 71.8 Å². The van der Waals surface area contributed by atoms with Gasteiger partial charge in [-0.25, -0.2) is 0 Å². The number of rotatable bonds is 4. The summed E-state index contributed by atoms with van der Waals surface area (Å²) in [6.07, 6.45) is 1.80. The smallest absolute Gasteiger partial charge is 0.0979 e. The molecule has 0 amide bonds. The summed E-state index contributed by atoms with van der Waals surface area (Å²) in [7, 11) is 0. The van der Waals surface area contributed by atoms with Gasteiger partial charge in [0, 0.05) is 6.21 Å². The van der Waals surface area contributed by atoms with Gasteiger partial charge in [-0.1, -0.05) is 60.7 Å². The zero-order valence-corrected chi connectivity index (χ0v) is 9.53. The first-order chi connectivity index (χ1) is 8.40. The van der Waals surface area contributed by atoms with E-state index in [1.807, 2.05) is 60.7 Å². The molecule has 0 aliphatic carbocycles. The lowest BCUT2D eigenvalue weighted by Crippen LogP contribution is -2.01. The van der Waals surface area contributed by atoms with E-state index in [1.165, 1.54) is 0 Å². The average Bonchev–Trinajstić information content (AvgIpc) is 2.42. The Bertz CT molecular complexity index is 465. The molecule has 17 heavy (non-hydrogen) atoms. The van der Waals surface area contributed by atoms with Gasteiger partial charge in [-0.15, -0.1) is 0 Å². The number of aliphatic hydroxyl groups excluding tert-OH is 1. The highest BCUT2D eigenvalue weighted by atomic mass is 16.3. The summed E-state index contributed by atoms with van der Waals surface area (Å²) in [5.41, 5.74) is 2.07. The van der Waals surface area contributed by atoms with E-state index in [0.29, 0.717) is 0 Å². The van der Waals surface area contributed by atoms with Crippen LogP contribution in [0.2, 0.25) is 0 Å². The van der Waals surface area contributed by atoms with Gasteiger partial charge in [0.2, 0.25) is 0 Å². The topological polar surface area (TPSA) is 32.6 Å². The van der Waals surface area contributed by atoms with Crippen LogP contribution in [0.3, 0.4) is 0 Å². The van der Waals surface area contributed by atoms with E-state index in [0.717, 1.165) is 11.1 Å². The number of hydrogen-bond donors (Lipinski definition) is 1. The van der Waals surface area contributed by atoms with Crippen molar-refractivity contribution in [1.82, 2.24) is 0 Å². The molecule has 0 aromatic heterocycles. The standard InChI is InChI=1S/C15H15NO/c17-12-15(14-9-5-2-6-10-14)16-11-13-7-3-1-4-8-13/h1-11,15,17H,12H2/t15-/m1/s1. The van der Waals surface area contributed by atoms with Crippen LogP contribution in [0.4, 0.5) is 0 Å². The second-order valence-electron chi connectivity index (χ2n) is 3.80. The van der Waals surface area contributed by atoms with Crippen LogP contribution in [0.5, 0.6) is 0 Å². The van der Waals surface area contributed by atoms with Crippen molar-refractivity contribution in [2.75, 3.05) is 6.61 Å². The fourth-order valence-electron chi connectivity index (χ4n) is 1.63. The van der Waals surface area contributed by atoms with Crippen molar-refractivity contribution < 1.29 is 5.11 Å². The molecule has 0 heterocycles. The monoisotopic (exact) mass is 225 g/mol. The minimum absolute atomic E-state index is 0.0212. The number of aliphatic imine (C=N–C) groups is 1. The van der Waals surface area contributed by atoms with Gasteiger partial charge in [-0.05, 0) is 11.1 Å². The van der Waals surface area contributed by atoms with E-state index in [9.17, 15) is 5.11 Å². The van der Waals surface area contributed by atoms with Gasteiger partial charge >= 0.3 is 0 Å². The molecule has 0 saturated carbocycles. The highest BCUT2D eigenvalue weighted by Gasteiger charge is 2.06. The summed E-state index contributed by atoms with van der Waals surface area (Å²) >= 11 is 0. The molecule has 2 rings (SSSR count). The molecular weight excluding hydrogens is 210 g/mol. The van der Waals surface area contributed by atoms with Crippen molar-refractivity contribution in [1.29, 1.82) is 0 Å². The lowest BCUT2D eigenvalue weighted by atomic mass is 10.1. The zero-order valence-electron chi connectivity index (χ0n) is 9.53. The molecule has 0 aliphatic heterocycles. The number of nitrogens with zero attached hydrogens (tertiary/aromatic N) is 1. The molecule has 0 fully saturated rings. The van der Waals surface area contributed by atoms with Crippen LogP contribution < -0.4 is 0 Å². The van der Waals surface area contributed by atoms with E-state index in [1.54, 1.807) is 6.21 Å². The lowest BCUT2D eigenvalue weighted by Gasteiger charge is -2.08.